The number of carbonyl (C=O) groups excluding carboxylic acids is 1. The first-order valence-corrected chi connectivity index (χ1v) is 9.63. The third kappa shape index (κ3) is 4.07. The van der Waals surface area contributed by atoms with Crippen molar-refractivity contribution in [3.8, 4) is 6.07 Å². The van der Waals surface area contributed by atoms with Crippen LogP contribution in [-0.2, 0) is 0 Å². The number of rotatable bonds is 3. The minimum Gasteiger partial charge on any atom is -0.362 e. The van der Waals surface area contributed by atoms with Crippen molar-refractivity contribution < 1.29 is 18.0 Å². The van der Waals surface area contributed by atoms with Crippen molar-refractivity contribution in [1.82, 2.24) is 9.78 Å². The molecule has 2 atom stereocenters. The van der Waals surface area contributed by atoms with Gasteiger partial charge in [-0.05, 0) is 29.8 Å². The van der Waals surface area contributed by atoms with E-state index in [0.717, 1.165) is 4.68 Å². The van der Waals surface area contributed by atoms with Crippen LogP contribution < -0.4 is 10.6 Å². The minimum atomic E-state index is -4.58. The molecule has 1 aliphatic heterocycles. The van der Waals surface area contributed by atoms with Gasteiger partial charge in [-0.1, -0.05) is 41.9 Å². The molecule has 3 aromatic rings. The smallest absolute Gasteiger partial charge is 0.362 e. The van der Waals surface area contributed by atoms with Crippen molar-refractivity contribution in [2.45, 2.75) is 24.7 Å². The minimum absolute atomic E-state index is 0.0610. The van der Waals surface area contributed by atoms with E-state index in [1.165, 1.54) is 24.3 Å². The fourth-order valence-electron chi connectivity index (χ4n) is 3.46. The van der Waals surface area contributed by atoms with Crippen molar-refractivity contribution in [2.24, 2.45) is 0 Å². The highest BCUT2D eigenvalue weighted by Crippen LogP contribution is 2.46. The summed E-state index contributed by atoms with van der Waals surface area (Å²) >= 11 is 6.30. The molecule has 1 aromatic heterocycles. The van der Waals surface area contributed by atoms with E-state index in [1.54, 1.807) is 30.3 Å². The van der Waals surface area contributed by atoms with Crippen LogP contribution in [0.15, 0.2) is 54.6 Å². The second-order valence-electron chi connectivity index (χ2n) is 7.00. The van der Waals surface area contributed by atoms with Crippen molar-refractivity contribution in [1.29, 1.82) is 5.26 Å². The molecule has 0 saturated carbocycles. The molecule has 2 aromatic carbocycles. The molecular formula is C21H15ClF3N5O. The molecule has 0 fully saturated rings. The Morgan fingerprint density at radius 2 is 1.87 bits per heavy atom. The molecule has 0 spiro atoms. The number of halogens is 4. The summed E-state index contributed by atoms with van der Waals surface area (Å²) in [5.74, 6) is -0.815. The van der Waals surface area contributed by atoms with Gasteiger partial charge in [0.1, 0.15) is 10.8 Å². The third-order valence-electron chi connectivity index (χ3n) is 4.98. The van der Waals surface area contributed by atoms with E-state index >= 15 is 0 Å². The molecule has 1 aliphatic rings. The summed E-state index contributed by atoms with van der Waals surface area (Å²) in [5, 5.41) is 18.1. The van der Waals surface area contributed by atoms with Gasteiger partial charge in [0, 0.05) is 12.1 Å². The molecule has 0 unspecified atom stereocenters. The first-order chi connectivity index (χ1) is 14.8. The number of fused-ring (bicyclic) bond motifs is 1. The number of carbonyl (C=O) groups is 1. The van der Waals surface area contributed by atoms with Gasteiger partial charge in [0.25, 0.3) is 5.91 Å². The van der Waals surface area contributed by atoms with Gasteiger partial charge in [0.05, 0.1) is 17.7 Å². The third-order valence-corrected chi connectivity index (χ3v) is 5.34. The average Bonchev–Trinajstić information content (AvgIpc) is 3.10. The predicted molar refractivity (Wildman–Crippen MR) is 109 cm³/mol. The van der Waals surface area contributed by atoms with Crippen molar-refractivity contribution in [2.75, 3.05) is 10.6 Å². The lowest BCUT2D eigenvalue weighted by Gasteiger charge is -2.33. The molecule has 2 heterocycles. The molecule has 2 N–H and O–H groups in total. The number of anilines is 2. The van der Waals surface area contributed by atoms with Crippen LogP contribution in [0.25, 0.3) is 0 Å². The Morgan fingerprint density at radius 3 is 2.48 bits per heavy atom. The second kappa shape index (κ2) is 7.96. The standard InChI is InChI=1S/C21H15ClF3N5O/c22-17-18(20(31)27-14-8-6-12(11-26)7-9-14)29-30-16(21(23,24)25)10-15(28-19(17)30)13-4-2-1-3-5-13/h1-9,15-16,28H,10H2,(H,27,31)/t15-,16+/m0/s1. The Hall–Kier alpha value is -3.51. The summed E-state index contributed by atoms with van der Waals surface area (Å²) in [6, 6.07) is 14.1. The van der Waals surface area contributed by atoms with E-state index in [4.69, 9.17) is 16.9 Å². The zero-order chi connectivity index (χ0) is 22.2. The van der Waals surface area contributed by atoms with E-state index in [-0.39, 0.29) is 23.0 Å². The number of amides is 1. The van der Waals surface area contributed by atoms with Crippen LogP contribution >= 0.6 is 11.6 Å². The fraction of sp³-hybridized carbons (Fsp3) is 0.190. The molecule has 0 saturated heterocycles. The highest BCUT2D eigenvalue weighted by Gasteiger charge is 2.47. The molecule has 0 bridgehead atoms. The van der Waals surface area contributed by atoms with Gasteiger partial charge in [-0.2, -0.15) is 23.5 Å². The normalized spacial score (nSPS) is 17.9. The lowest BCUT2D eigenvalue weighted by molar-refractivity contribution is -0.173. The van der Waals surface area contributed by atoms with Gasteiger partial charge in [0.2, 0.25) is 0 Å². The van der Waals surface area contributed by atoms with Crippen LogP contribution in [0.5, 0.6) is 0 Å². The maximum absolute atomic E-state index is 13.8. The first kappa shape index (κ1) is 20.8. The molecular weight excluding hydrogens is 431 g/mol. The number of benzene rings is 2. The quantitative estimate of drug-likeness (QED) is 0.571. The summed E-state index contributed by atoms with van der Waals surface area (Å²) in [4.78, 5) is 12.7. The Bertz CT molecular complexity index is 1150. The summed E-state index contributed by atoms with van der Waals surface area (Å²) < 4.78 is 42.2. The number of nitrogens with one attached hydrogen (secondary N) is 2. The fourth-order valence-corrected chi connectivity index (χ4v) is 3.72. The topological polar surface area (TPSA) is 82.7 Å². The number of hydrogen-bond acceptors (Lipinski definition) is 4. The Kier molecular flexibility index (Phi) is 5.33. The Labute approximate surface area is 180 Å². The molecule has 10 heteroatoms. The van der Waals surface area contributed by atoms with E-state index < -0.39 is 24.2 Å². The largest absolute Gasteiger partial charge is 0.410 e. The predicted octanol–water partition coefficient (Wildman–Crippen LogP) is 5.32. The van der Waals surface area contributed by atoms with E-state index in [9.17, 15) is 18.0 Å². The zero-order valence-corrected chi connectivity index (χ0v) is 16.6. The molecule has 31 heavy (non-hydrogen) atoms. The van der Waals surface area contributed by atoms with Crippen molar-refractivity contribution >= 4 is 29.0 Å². The van der Waals surface area contributed by atoms with Crippen LogP contribution in [0, 0.1) is 11.3 Å². The number of aromatic nitrogens is 2. The van der Waals surface area contributed by atoms with Gasteiger partial charge in [0.15, 0.2) is 11.7 Å². The molecule has 1 amide bonds. The highest BCUT2D eigenvalue weighted by atomic mass is 35.5. The van der Waals surface area contributed by atoms with Gasteiger partial charge in [-0.15, -0.1) is 0 Å². The molecule has 6 nitrogen and oxygen atoms in total. The lowest BCUT2D eigenvalue weighted by atomic mass is 9.97. The zero-order valence-electron chi connectivity index (χ0n) is 15.8. The Morgan fingerprint density at radius 1 is 1.19 bits per heavy atom. The number of nitriles is 1. The van der Waals surface area contributed by atoms with Crippen LogP contribution in [0.1, 0.15) is 40.1 Å². The van der Waals surface area contributed by atoms with Gasteiger partial charge >= 0.3 is 6.18 Å². The summed E-state index contributed by atoms with van der Waals surface area (Å²) in [6.45, 7) is 0. The summed E-state index contributed by atoms with van der Waals surface area (Å²) in [5.41, 5.74) is 1.10. The van der Waals surface area contributed by atoms with E-state index in [2.05, 4.69) is 15.7 Å². The average molecular weight is 446 g/mol. The number of hydrogen-bond donors (Lipinski definition) is 2. The van der Waals surface area contributed by atoms with Crippen LogP contribution in [0.3, 0.4) is 0 Å². The van der Waals surface area contributed by atoms with Gasteiger partial charge in [-0.3, -0.25) is 4.79 Å². The second-order valence-corrected chi connectivity index (χ2v) is 7.38. The monoisotopic (exact) mass is 445 g/mol. The summed E-state index contributed by atoms with van der Waals surface area (Å²) in [6.07, 6.45) is -4.88. The summed E-state index contributed by atoms with van der Waals surface area (Å²) in [7, 11) is 0. The highest BCUT2D eigenvalue weighted by molar-refractivity contribution is 6.36. The maximum Gasteiger partial charge on any atom is 0.410 e. The maximum atomic E-state index is 13.8. The van der Waals surface area contributed by atoms with Crippen molar-refractivity contribution in [3.05, 3.63) is 76.4 Å². The SMILES string of the molecule is N#Cc1ccc(NC(=O)c2nn3c(c2Cl)N[C@H](c2ccccc2)C[C@@H]3C(F)(F)F)cc1. The van der Waals surface area contributed by atoms with Crippen LogP contribution in [-0.4, -0.2) is 21.9 Å². The molecule has 4 rings (SSSR count). The van der Waals surface area contributed by atoms with E-state index in [0.29, 0.717) is 16.8 Å². The molecule has 0 radical (unpaired) electrons. The van der Waals surface area contributed by atoms with Crippen LogP contribution in [0.2, 0.25) is 5.02 Å². The number of alkyl halides is 3. The first-order valence-electron chi connectivity index (χ1n) is 9.25. The Balaban J connectivity index is 1.68. The lowest BCUT2D eigenvalue weighted by Crippen LogP contribution is -2.35. The van der Waals surface area contributed by atoms with Gasteiger partial charge < -0.3 is 10.6 Å². The van der Waals surface area contributed by atoms with Crippen molar-refractivity contribution in [3.63, 3.8) is 0 Å². The molecule has 158 valence electrons. The van der Waals surface area contributed by atoms with Gasteiger partial charge in [-0.25, -0.2) is 4.68 Å². The molecule has 0 aliphatic carbocycles. The van der Waals surface area contributed by atoms with E-state index in [1.807, 2.05) is 6.07 Å². The number of nitrogens with zero attached hydrogens (tertiary/aromatic N) is 3. The van der Waals surface area contributed by atoms with Crippen LogP contribution in [0.4, 0.5) is 24.7 Å².